The third-order valence-electron chi connectivity index (χ3n) is 4.42. The quantitative estimate of drug-likeness (QED) is 0.206. The van der Waals surface area contributed by atoms with E-state index < -0.39 is 60.8 Å². The molecule has 0 aliphatic heterocycles. The number of ether oxygens (including phenoxy) is 3. The van der Waals surface area contributed by atoms with E-state index in [9.17, 15) is 29.1 Å². The number of amides is 3. The second kappa shape index (κ2) is 15.2. The highest BCUT2D eigenvalue weighted by Crippen LogP contribution is 2.14. The lowest BCUT2D eigenvalue weighted by atomic mass is 9.95. The maximum Gasteiger partial charge on any atom is 0.407 e. The van der Waals surface area contributed by atoms with Crippen molar-refractivity contribution >= 4 is 29.8 Å². The second-order valence-corrected chi connectivity index (χ2v) is 7.12. The van der Waals surface area contributed by atoms with Gasteiger partial charge >= 0.3 is 18.0 Å². The van der Waals surface area contributed by atoms with Crippen molar-refractivity contribution in [2.75, 3.05) is 19.8 Å². The van der Waals surface area contributed by atoms with Gasteiger partial charge in [-0.1, -0.05) is 30.3 Å². The highest BCUT2D eigenvalue weighted by Gasteiger charge is 2.37. The average molecular weight is 482 g/mol. The summed E-state index contributed by atoms with van der Waals surface area (Å²) in [7, 11) is 0. The Hall–Kier alpha value is -3.67. The number of benzene rings is 1. The molecule has 0 fully saturated rings. The van der Waals surface area contributed by atoms with Crippen LogP contribution in [-0.4, -0.2) is 66.9 Å². The zero-order valence-electron chi connectivity index (χ0n) is 19.2. The minimum Gasteiger partial charge on any atom is -0.466 e. The summed E-state index contributed by atoms with van der Waals surface area (Å²) < 4.78 is 14.7. The maximum atomic E-state index is 12.3. The standard InChI is InChI=1S/C22H31N3O9/c1-3-32-18(28)11-16(21(30)33-4-2)19(20(23)29)25-17(27)10-15(26)12-24-22(31)34-13-14-8-6-5-7-9-14/h5-9,15-16,19,26H,3-4,10-13H2,1-2H3,(H2,23,29)(H,24,31)(H,25,27)/t15-,16-,19-/m1/s1. The number of carbonyl (C=O) groups excluding carboxylic acids is 5. The van der Waals surface area contributed by atoms with Crippen LogP contribution in [0.15, 0.2) is 30.3 Å². The predicted octanol–water partition coefficient (Wildman–Crippen LogP) is -0.234. The molecule has 5 N–H and O–H groups in total. The van der Waals surface area contributed by atoms with Gasteiger partial charge in [0, 0.05) is 6.54 Å². The van der Waals surface area contributed by atoms with Crippen LogP contribution < -0.4 is 16.4 Å². The van der Waals surface area contributed by atoms with Crippen LogP contribution in [-0.2, 0) is 40.0 Å². The van der Waals surface area contributed by atoms with Gasteiger partial charge in [-0.05, 0) is 19.4 Å². The van der Waals surface area contributed by atoms with Crippen molar-refractivity contribution in [3.05, 3.63) is 35.9 Å². The number of primary amides is 1. The zero-order chi connectivity index (χ0) is 25.5. The van der Waals surface area contributed by atoms with E-state index in [1.807, 2.05) is 6.07 Å². The van der Waals surface area contributed by atoms with E-state index in [4.69, 9.17) is 19.9 Å². The van der Waals surface area contributed by atoms with Crippen LogP contribution in [0, 0.1) is 5.92 Å². The van der Waals surface area contributed by atoms with Crippen LogP contribution in [0.4, 0.5) is 4.79 Å². The largest absolute Gasteiger partial charge is 0.466 e. The number of rotatable bonds is 14. The van der Waals surface area contributed by atoms with Crippen molar-refractivity contribution in [2.24, 2.45) is 11.7 Å². The van der Waals surface area contributed by atoms with E-state index in [2.05, 4.69) is 10.6 Å². The third-order valence-corrected chi connectivity index (χ3v) is 4.42. The molecule has 0 saturated heterocycles. The predicted molar refractivity (Wildman–Crippen MR) is 118 cm³/mol. The highest BCUT2D eigenvalue weighted by molar-refractivity contribution is 5.93. The summed E-state index contributed by atoms with van der Waals surface area (Å²) in [5, 5.41) is 14.6. The van der Waals surface area contributed by atoms with Gasteiger partial charge in [0.2, 0.25) is 11.8 Å². The van der Waals surface area contributed by atoms with Crippen molar-refractivity contribution in [2.45, 2.75) is 45.4 Å². The molecule has 188 valence electrons. The molecule has 0 bridgehead atoms. The van der Waals surface area contributed by atoms with Crippen LogP contribution in [0.3, 0.4) is 0 Å². The van der Waals surface area contributed by atoms with E-state index in [-0.39, 0.29) is 26.4 Å². The first-order chi connectivity index (χ1) is 16.2. The molecule has 0 spiro atoms. The first kappa shape index (κ1) is 28.4. The molecule has 0 aliphatic rings. The van der Waals surface area contributed by atoms with Gasteiger partial charge in [0.15, 0.2) is 0 Å². The van der Waals surface area contributed by atoms with Gasteiger partial charge in [-0.15, -0.1) is 0 Å². The molecule has 0 aliphatic carbocycles. The minimum absolute atomic E-state index is 0.0255. The molecule has 0 aromatic heterocycles. The summed E-state index contributed by atoms with van der Waals surface area (Å²) in [6.45, 7) is 2.84. The monoisotopic (exact) mass is 481 g/mol. The van der Waals surface area contributed by atoms with E-state index >= 15 is 0 Å². The Morgan fingerprint density at radius 2 is 1.62 bits per heavy atom. The van der Waals surface area contributed by atoms with Gasteiger partial charge in [0.25, 0.3) is 0 Å². The number of hydrogen-bond acceptors (Lipinski definition) is 9. The SMILES string of the molecule is CCOC(=O)C[C@@H](C(=O)OCC)[C@@H](NC(=O)C[C@@H](O)CNC(=O)OCc1ccccc1)C(N)=O. The molecule has 0 saturated carbocycles. The molecule has 1 aromatic carbocycles. The van der Waals surface area contributed by atoms with Gasteiger partial charge in [-0.2, -0.15) is 0 Å². The molecular formula is C22H31N3O9. The van der Waals surface area contributed by atoms with Crippen LogP contribution in [0.2, 0.25) is 0 Å². The molecule has 0 heterocycles. The van der Waals surface area contributed by atoms with Crippen LogP contribution in [0.25, 0.3) is 0 Å². The third kappa shape index (κ3) is 10.8. The molecule has 1 aromatic rings. The number of alkyl carbamates (subject to hydrolysis) is 1. The van der Waals surface area contributed by atoms with Gasteiger partial charge in [0.1, 0.15) is 12.6 Å². The number of aliphatic hydroxyl groups is 1. The lowest BCUT2D eigenvalue weighted by molar-refractivity contribution is -0.157. The molecule has 0 radical (unpaired) electrons. The van der Waals surface area contributed by atoms with Crippen molar-refractivity contribution < 1.29 is 43.3 Å². The Balaban J connectivity index is 2.62. The summed E-state index contributed by atoms with van der Waals surface area (Å²) in [6, 6.07) is 7.36. The van der Waals surface area contributed by atoms with Crippen LogP contribution in [0.5, 0.6) is 0 Å². The molecule has 3 atom stereocenters. The van der Waals surface area contributed by atoms with E-state index in [0.717, 1.165) is 5.56 Å². The number of carbonyl (C=O) groups is 5. The van der Waals surface area contributed by atoms with Crippen LogP contribution in [0.1, 0.15) is 32.3 Å². The number of esters is 2. The molecule has 1 rings (SSSR count). The van der Waals surface area contributed by atoms with E-state index in [0.29, 0.717) is 0 Å². The van der Waals surface area contributed by atoms with E-state index in [1.165, 1.54) is 6.92 Å². The normalized spacial score (nSPS) is 13.0. The molecule has 34 heavy (non-hydrogen) atoms. The van der Waals surface area contributed by atoms with Gasteiger partial charge in [-0.3, -0.25) is 19.2 Å². The summed E-state index contributed by atoms with van der Waals surface area (Å²) in [6.07, 6.45) is -3.20. The molecule has 3 amide bonds. The van der Waals surface area contributed by atoms with Crippen molar-refractivity contribution in [3.8, 4) is 0 Å². The summed E-state index contributed by atoms with van der Waals surface area (Å²) in [5.74, 6) is -5.02. The first-order valence-corrected chi connectivity index (χ1v) is 10.7. The highest BCUT2D eigenvalue weighted by atomic mass is 16.6. The Labute approximate surface area is 197 Å². The fourth-order valence-corrected chi connectivity index (χ4v) is 2.85. The maximum absolute atomic E-state index is 12.3. The lowest BCUT2D eigenvalue weighted by Crippen LogP contribution is -2.53. The minimum atomic E-state index is -1.58. The molecule has 0 unspecified atom stereocenters. The lowest BCUT2D eigenvalue weighted by Gasteiger charge is -2.24. The fraction of sp³-hybridized carbons (Fsp3) is 0.500. The summed E-state index contributed by atoms with van der Waals surface area (Å²) in [4.78, 5) is 60.1. The Kier molecular flexibility index (Phi) is 12.7. The molecule has 12 nitrogen and oxygen atoms in total. The summed E-state index contributed by atoms with van der Waals surface area (Å²) >= 11 is 0. The first-order valence-electron chi connectivity index (χ1n) is 10.7. The van der Waals surface area contributed by atoms with Gasteiger partial charge in [-0.25, -0.2) is 4.79 Å². The number of aliphatic hydroxyl groups excluding tert-OH is 1. The van der Waals surface area contributed by atoms with Crippen LogP contribution >= 0.6 is 0 Å². The Morgan fingerprint density at radius 1 is 0.971 bits per heavy atom. The molecular weight excluding hydrogens is 450 g/mol. The van der Waals surface area contributed by atoms with Gasteiger partial charge < -0.3 is 35.7 Å². The second-order valence-electron chi connectivity index (χ2n) is 7.12. The van der Waals surface area contributed by atoms with Crippen molar-refractivity contribution in [3.63, 3.8) is 0 Å². The Morgan fingerprint density at radius 3 is 2.21 bits per heavy atom. The van der Waals surface area contributed by atoms with Gasteiger partial charge in [0.05, 0.1) is 38.1 Å². The van der Waals surface area contributed by atoms with Crippen molar-refractivity contribution in [1.82, 2.24) is 10.6 Å². The van der Waals surface area contributed by atoms with Crippen molar-refractivity contribution in [1.29, 1.82) is 0 Å². The number of hydrogen-bond donors (Lipinski definition) is 4. The van der Waals surface area contributed by atoms with E-state index in [1.54, 1.807) is 31.2 Å². The zero-order valence-corrected chi connectivity index (χ0v) is 19.2. The number of nitrogens with two attached hydrogens (primary N) is 1. The smallest absolute Gasteiger partial charge is 0.407 e. The summed E-state index contributed by atoms with van der Waals surface area (Å²) in [5.41, 5.74) is 6.10. The topological polar surface area (TPSA) is 183 Å². The average Bonchev–Trinajstić information content (AvgIpc) is 2.79. The molecule has 12 heteroatoms. The Bertz CT molecular complexity index is 832. The fourth-order valence-electron chi connectivity index (χ4n) is 2.85. The number of nitrogens with one attached hydrogen (secondary N) is 2.